The van der Waals surface area contributed by atoms with Gasteiger partial charge in [-0.15, -0.1) is 0 Å². The van der Waals surface area contributed by atoms with Crippen molar-refractivity contribution < 1.29 is 4.92 Å². The van der Waals surface area contributed by atoms with E-state index >= 15 is 0 Å². The predicted octanol–water partition coefficient (Wildman–Crippen LogP) is 3.85. The standard InChI is InChI=1S/C14H11BrN4O2/c15-10-5-6-11-12(7-10)18-14(17-11)16-8-9-3-1-2-4-13(9)19(20)21/h1-7H,8H2,(H2,16,17,18). The second kappa shape index (κ2) is 5.53. The molecule has 0 radical (unpaired) electrons. The molecule has 0 bridgehead atoms. The number of hydrogen-bond acceptors (Lipinski definition) is 4. The topological polar surface area (TPSA) is 83.8 Å². The fraction of sp³-hybridized carbons (Fsp3) is 0.0714. The van der Waals surface area contributed by atoms with Crippen molar-refractivity contribution in [1.82, 2.24) is 9.97 Å². The molecule has 21 heavy (non-hydrogen) atoms. The van der Waals surface area contributed by atoms with Crippen LogP contribution >= 0.6 is 15.9 Å². The summed E-state index contributed by atoms with van der Waals surface area (Å²) in [6.07, 6.45) is 0. The zero-order valence-electron chi connectivity index (χ0n) is 10.8. The monoisotopic (exact) mass is 346 g/mol. The van der Waals surface area contributed by atoms with Gasteiger partial charge >= 0.3 is 0 Å². The normalized spacial score (nSPS) is 10.7. The number of nitro benzene ring substituents is 1. The molecule has 1 heterocycles. The van der Waals surface area contributed by atoms with E-state index in [0.717, 1.165) is 15.5 Å². The quantitative estimate of drug-likeness (QED) is 0.555. The first-order chi connectivity index (χ1) is 10.1. The lowest BCUT2D eigenvalue weighted by Crippen LogP contribution is -2.03. The molecule has 3 rings (SSSR count). The van der Waals surface area contributed by atoms with Gasteiger partial charge in [-0.1, -0.05) is 34.1 Å². The van der Waals surface area contributed by atoms with Crippen molar-refractivity contribution in [3.8, 4) is 0 Å². The number of anilines is 1. The van der Waals surface area contributed by atoms with E-state index in [2.05, 4.69) is 31.2 Å². The van der Waals surface area contributed by atoms with E-state index < -0.39 is 0 Å². The Bertz CT molecular complexity index is 816. The van der Waals surface area contributed by atoms with Gasteiger partial charge in [0, 0.05) is 22.6 Å². The van der Waals surface area contributed by atoms with Gasteiger partial charge in [0.05, 0.1) is 16.0 Å². The first kappa shape index (κ1) is 13.6. The lowest BCUT2D eigenvalue weighted by molar-refractivity contribution is -0.385. The highest BCUT2D eigenvalue weighted by Crippen LogP contribution is 2.21. The summed E-state index contributed by atoms with van der Waals surface area (Å²) in [6.45, 7) is 0.331. The zero-order chi connectivity index (χ0) is 14.8. The Balaban J connectivity index is 1.82. The first-order valence-corrected chi connectivity index (χ1v) is 7.04. The molecule has 2 N–H and O–H groups in total. The van der Waals surface area contributed by atoms with E-state index in [1.165, 1.54) is 6.07 Å². The maximum atomic E-state index is 11.0. The van der Waals surface area contributed by atoms with E-state index in [1.807, 2.05) is 18.2 Å². The van der Waals surface area contributed by atoms with Gasteiger partial charge in [0.25, 0.3) is 5.69 Å². The van der Waals surface area contributed by atoms with Gasteiger partial charge in [0.1, 0.15) is 0 Å². The Morgan fingerprint density at radius 3 is 2.90 bits per heavy atom. The number of nitro groups is 1. The summed E-state index contributed by atoms with van der Waals surface area (Å²) in [5.74, 6) is 0.584. The van der Waals surface area contributed by atoms with Gasteiger partial charge in [0.15, 0.2) is 0 Å². The number of H-pyrrole nitrogens is 1. The van der Waals surface area contributed by atoms with Gasteiger partial charge in [-0.2, -0.15) is 0 Å². The minimum Gasteiger partial charge on any atom is -0.351 e. The van der Waals surface area contributed by atoms with Crippen LogP contribution in [-0.4, -0.2) is 14.9 Å². The number of imidazole rings is 1. The lowest BCUT2D eigenvalue weighted by atomic mass is 10.2. The highest BCUT2D eigenvalue weighted by atomic mass is 79.9. The van der Waals surface area contributed by atoms with Crippen LogP contribution in [0, 0.1) is 10.1 Å². The molecule has 0 saturated heterocycles. The van der Waals surface area contributed by atoms with Crippen molar-refractivity contribution in [1.29, 1.82) is 0 Å². The molecule has 2 aromatic carbocycles. The summed E-state index contributed by atoms with van der Waals surface area (Å²) in [5.41, 5.74) is 2.45. The van der Waals surface area contributed by atoms with Crippen molar-refractivity contribution in [3.05, 3.63) is 62.6 Å². The number of nitrogens with zero attached hydrogens (tertiary/aromatic N) is 2. The molecule has 106 valence electrons. The van der Waals surface area contributed by atoms with E-state index in [4.69, 9.17) is 0 Å². The van der Waals surface area contributed by atoms with Crippen LogP contribution in [-0.2, 0) is 6.54 Å². The predicted molar refractivity (Wildman–Crippen MR) is 84.2 cm³/mol. The molecule has 0 spiro atoms. The van der Waals surface area contributed by atoms with Crippen LogP contribution in [0.25, 0.3) is 11.0 Å². The van der Waals surface area contributed by atoms with E-state index in [1.54, 1.807) is 18.2 Å². The van der Waals surface area contributed by atoms with E-state index in [-0.39, 0.29) is 10.6 Å². The maximum absolute atomic E-state index is 11.0. The average molecular weight is 347 g/mol. The molecule has 0 saturated carbocycles. The summed E-state index contributed by atoms with van der Waals surface area (Å²) in [7, 11) is 0. The molecule has 0 aliphatic heterocycles. The number of aromatic amines is 1. The SMILES string of the molecule is O=[N+]([O-])c1ccccc1CNc1nc2ccc(Br)cc2[nH]1. The molecule has 0 unspecified atom stereocenters. The lowest BCUT2D eigenvalue weighted by Gasteiger charge is -2.03. The van der Waals surface area contributed by atoms with Crippen LogP contribution in [0.3, 0.4) is 0 Å². The highest BCUT2D eigenvalue weighted by Gasteiger charge is 2.12. The van der Waals surface area contributed by atoms with E-state index in [9.17, 15) is 10.1 Å². The number of hydrogen-bond donors (Lipinski definition) is 2. The Labute approximate surface area is 128 Å². The molecule has 0 fully saturated rings. The average Bonchev–Trinajstić information content (AvgIpc) is 2.87. The van der Waals surface area contributed by atoms with Gasteiger partial charge in [-0.3, -0.25) is 10.1 Å². The van der Waals surface area contributed by atoms with Crippen LogP contribution in [0.5, 0.6) is 0 Å². The summed E-state index contributed by atoms with van der Waals surface area (Å²) in [4.78, 5) is 18.1. The van der Waals surface area contributed by atoms with Gasteiger partial charge in [-0.25, -0.2) is 4.98 Å². The third kappa shape index (κ3) is 2.87. The fourth-order valence-electron chi connectivity index (χ4n) is 2.08. The summed E-state index contributed by atoms with van der Waals surface area (Å²) in [5, 5.41) is 14.0. The Hall–Kier alpha value is -2.41. The number of para-hydroxylation sites is 1. The largest absolute Gasteiger partial charge is 0.351 e. The van der Waals surface area contributed by atoms with Gasteiger partial charge in [-0.05, 0) is 18.2 Å². The van der Waals surface area contributed by atoms with Gasteiger partial charge < -0.3 is 10.3 Å². The molecular formula is C14H11BrN4O2. The van der Waals surface area contributed by atoms with Crippen LogP contribution in [0.15, 0.2) is 46.9 Å². The summed E-state index contributed by atoms with van der Waals surface area (Å²) < 4.78 is 0.962. The van der Waals surface area contributed by atoms with Crippen LogP contribution < -0.4 is 5.32 Å². The second-order valence-corrected chi connectivity index (χ2v) is 5.40. The Morgan fingerprint density at radius 2 is 2.10 bits per heavy atom. The summed E-state index contributed by atoms with van der Waals surface area (Å²) in [6, 6.07) is 12.4. The highest BCUT2D eigenvalue weighted by molar-refractivity contribution is 9.10. The number of rotatable bonds is 4. The molecule has 0 aliphatic rings. The Kier molecular flexibility index (Phi) is 3.57. The number of benzene rings is 2. The molecule has 0 atom stereocenters. The van der Waals surface area contributed by atoms with Crippen molar-refractivity contribution in [3.63, 3.8) is 0 Å². The van der Waals surface area contributed by atoms with Crippen molar-refractivity contribution in [2.45, 2.75) is 6.54 Å². The smallest absolute Gasteiger partial charge is 0.274 e. The molecule has 0 aliphatic carbocycles. The Morgan fingerprint density at radius 1 is 1.29 bits per heavy atom. The van der Waals surface area contributed by atoms with Crippen LogP contribution in [0.4, 0.5) is 11.6 Å². The molecule has 1 aromatic heterocycles. The third-order valence-electron chi connectivity index (χ3n) is 3.08. The molecular weight excluding hydrogens is 336 g/mol. The number of fused-ring (bicyclic) bond motifs is 1. The molecule has 3 aromatic rings. The van der Waals surface area contributed by atoms with Crippen molar-refractivity contribution >= 4 is 38.6 Å². The minimum absolute atomic E-state index is 0.101. The number of aromatic nitrogens is 2. The minimum atomic E-state index is -0.382. The van der Waals surface area contributed by atoms with Crippen LogP contribution in [0.1, 0.15) is 5.56 Å². The molecule has 7 heteroatoms. The third-order valence-corrected chi connectivity index (χ3v) is 3.57. The zero-order valence-corrected chi connectivity index (χ0v) is 12.4. The molecule has 0 amide bonds. The van der Waals surface area contributed by atoms with Crippen molar-refractivity contribution in [2.75, 3.05) is 5.32 Å². The van der Waals surface area contributed by atoms with E-state index in [0.29, 0.717) is 18.1 Å². The fourth-order valence-corrected chi connectivity index (χ4v) is 2.44. The maximum Gasteiger partial charge on any atom is 0.274 e. The first-order valence-electron chi connectivity index (χ1n) is 6.25. The second-order valence-electron chi connectivity index (χ2n) is 4.49. The molecule has 6 nitrogen and oxygen atoms in total. The number of halogens is 1. The summed E-state index contributed by atoms with van der Waals surface area (Å²) >= 11 is 3.40. The van der Waals surface area contributed by atoms with Gasteiger partial charge in [0.2, 0.25) is 5.95 Å². The van der Waals surface area contributed by atoms with Crippen LogP contribution in [0.2, 0.25) is 0 Å². The van der Waals surface area contributed by atoms with Crippen molar-refractivity contribution in [2.24, 2.45) is 0 Å². The number of nitrogens with one attached hydrogen (secondary N) is 2.